The molecule has 45 heavy (non-hydrogen) atoms. The van der Waals surface area contributed by atoms with Crippen LogP contribution in [-0.2, 0) is 0 Å². The van der Waals surface area contributed by atoms with E-state index in [4.69, 9.17) is 14.6 Å². The number of para-hydroxylation sites is 2. The molecule has 1 aromatic heterocycles. The Balaban J connectivity index is 1.16. The van der Waals surface area contributed by atoms with E-state index in [1.165, 1.54) is 11.1 Å². The molecule has 0 saturated carbocycles. The summed E-state index contributed by atoms with van der Waals surface area (Å²) in [5, 5.41) is 0. The summed E-state index contributed by atoms with van der Waals surface area (Å²) in [7, 11) is -0.286. The van der Waals surface area contributed by atoms with Crippen molar-refractivity contribution < 1.29 is 4.65 Å². The molecule has 0 N–H and O–H groups in total. The van der Waals surface area contributed by atoms with Gasteiger partial charge in [0.1, 0.15) is 5.75 Å². The normalized spacial score (nSPS) is 12.1. The molecule has 212 valence electrons. The molecule has 8 rings (SSSR count). The van der Waals surface area contributed by atoms with E-state index < -0.39 is 0 Å². The minimum Gasteiger partial charge on any atom is -0.536 e. The van der Waals surface area contributed by atoms with E-state index in [0.717, 1.165) is 50.7 Å². The highest BCUT2D eigenvalue weighted by Crippen LogP contribution is 2.41. The van der Waals surface area contributed by atoms with Crippen molar-refractivity contribution in [2.75, 3.05) is 4.81 Å². The molecule has 7 aromatic rings. The van der Waals surface area contributed by atoms with Crippen LogP contribution in [0.4, 0.5) is 11.4 Å². The first-order chi connectivity index (χ1) is 22.3. The number of rotatable bonds is 6. The van der Waals surface area contributed by atoms with Crippen LogP contribution < -0.4 is 14.9 Å². The van der Waals surface area contributed by atoms with Crippen molar-refractivity contribution in [2.45, 2.75) is 0 Å². The lowest BCUT2D eigenvalue weighted by Gasteiger charge is -2.23. The van der Waals surface area contributed by atoms with Gasteiger partial charge in [-0.3, -0.25) is 0 Å². The Morgan fingerprint density at radius 1 is 0.444 bits per heavy atom. The lowest BCUT2D eigenvalue weighted by molar-refractivity contribution is 0.603. The van der Waals surface area contributed by atoms with Gasteiger partial charge in [0, 0.05) is 22.4 Å². The molecule has 0 bridgehead atoms. The third kappa shape index (κ3) is 5.25. The Kier molecular flexibility index (Phi) is 6.89. The maximum atomic E-state index is 6.56. The number of benzene rings is 6. The zero-order chi connectivity index (χ0) is 30.0. The lowest BCUT2D eigenvalue weighted by Crippen LogP contribution is -2.46. The van der Waals surface area contributed by atoms with Gasteiger partial charge in [0.15, 0.2) is 5.82 Å². The summed E-state index contributed by atoms with van der Waals surface area (Å²) >= 11 is 0. The molecule has 0 amide bonds. The Labute approximate surface area is 263 Å². The third-order valence-corrected chi connectivity index (χ3v) is 8.17. The first-order valence-corrected chi connectivity index (χ1v) is 15.1. The zero-order valence-corrected chi connectivity index (χ0v) is 24.5. The molecule has 0 atom stereocenters. The summed E-state index contributed by atoms with van der Waals surface area (Å²) in [6.07, 6.45) is 0. The molecule has 0 aliphatic carbocycles. The molecule has 0 fully saturated rings. The number of anilines is 2. The average Bonchev–Trinajstić information content (AvgIpc) is 3.52. The van der Waals surface area contributed by atoms with E-state index in [-0.39, 0.29) is 7.05 Å². The van der Waals surface area contributed by atoms with Gasteiger partial charge in [-0.05, 0) is 46.9 Å². The summed E-state index contributed by atoms with van der Waals surface area (Å²) in [5.41, 5.74) is 10.4. The molecule has 0 spiro atoms. The van der Waals surface area contributed by atoms with Crippen LogP contribution in [0, 0.1) is 0 Å². The second kappa shape index (κ2) is 11.6. The van der Waals surface area contributed by atoms with Gasteiger partial charge in [0.25, 0.3) is 0 Å². The van der Waals surface area contributed by atoms with E-state index in [1.54, 1.807) is 0 Å². The first kappa shape index (κ1) is 26.7. The van der Waals surface area contributed by atoms with E-state index in [9.17, 15) is 0 Å². The highest BCUT2D eigenvalue weighted by molar-refractivity contribution is 6.74. The lowest BCUT2D eigenvalue weighted by atomic mass is 9.71. The minimum atomic E-state index is -0.286. The van der Waals surface area contributed by atoms with Crippen molar-refractivity contribution >= 4 is 23.9 Å². The number of hydrogen-bond acceptors (Lipinski definition) is 4. The highest BCUT2D eigenvalue weighted by Gasteiger charge is 2.39. The number of fused-ring (bicyclic) bond motifs is 1. The van der Waals surface area contributed by atoms with E-state index in [0.29, 0.717) is 5.82 Å². The largest absolute Gasteiger partial charge is 0.536 e. The molecular formula is C40H28BN3O. The molecule has 0 saturated heterocycles. The monoisotopic (exact) mass is 577 g/mol. The van der Waals surface area contributed by atoms with Crippen LogP contribution in [0.25, 0.3) is 45.0 Å². The second-order valence-electron chi connectivity index (χ2n) is 11.0. The van der Waals surface area contributed by atoms with Gasteiger partial charge in [-0.2, -0.15) is 0 Å². The third-order valence-electron chi connectivity index (χ3n) is 8.17. The van der Waals surface area contributed by atoms with Crippen LogP contribution in [-0.4, -0.2) is 17.0 Å². The minimum absolute atomic E-state index is 0.286. The van der Waals surface area contributed by atoms with Crippen LogP contribution in [0.2, 0.25) is 0 Å². The van der Waals surface area contributed by atoms with Crippen LogP contribution in [0.1, 0.15) is 0 Å². The van der Waals surface area contributed by atoms with Gasteiger partial charge in [0.05, 0.1) is 17.1 Å². The maximum Gasteiger partial charge on any atom is 0.524 e. The number of aromatic nitrogens is 2. The highest BCUT2D eigenvalue weighted by atomic mass is 16.5. The summed E-state index contributed by atoms with van der Waals surface area (Å²) in [4.78, 5) is 12.2. The standard InChI is InChI=1S/C40H28BN3O/c1-4-12-29(13-5-1)30-20-24-34(25-21-30)41-44(38-18-10-11-19-39(38)45-41)35-26-22-32(23-27-35)37-28-36(31-14-6-2-7-15-31)42-40(43-37)33-16-8-3-9-17-33/h1-28H. The number of hydrogen-bond donors (Lipinski definition) is 0. The summed E-state index contributed by atoms with van der Waals surface area (Å²) in [5.74, 6) is 1.58. The fourth-order valence-electron chi connectivity index (χ4n) is 5.88. The fourth-order valence-corrected chi connectivity index (χ4v) is 5.88. The van der Waals surface area contributed by atoms with E-state index in [1.807, 2.05) is 66.7 Å². The molecule has 5 heteroatoms. The Hall–Kier alpha value is -5.94. The van der Waals surface area contributed by atoms with Crippen molar-refractivity contribution in [3.05, 3.63) is 170 Å². The van der Waals surface area contributed by atoms with Gasteiger partial charge < -0.3 is 9.47 Å². The summed E-state index contributed by atoms with van der Waals surface area (Å²) < 4.78 is 6.56. The molecule has 2 heterocycles. The molecule has 1 aliphatic heterocycles. The van der Waals surface area contributed by atoms with Crippen molar-refractivity contribution in [2.24, 2.45) is 0 Å². The maximum absolute atomic E-state index is 6.56. The first-order valence-electron chi connectivity index (χ1n) is 15.1. The topological polar surface area (TPSA) is 38.2 Å². The summed E-state index contributed by atoms with van der Waals surface area (Å²) in [6, 6.07) is 58.4. The van der Waals surface area contributed by atoms with E-state index in [2.05, 4.69) is 108 Å². The van der Waals surface area contributed by atoms with Crippen molar-refractivity contribution in [3.63, 3.8) is 0 Å². The molecule has 6 aromatic carbocycles. The van der Waals surface area contributed by atoms with Crippen LogP contribution in [0.15, 0.2) is 170 Å². The molecule has 0 radical (unpaired) electrons. The Morgan fingerprint density at radius 2 is 0.933 bits per heavy atom. The zero-order valence-electron chi connectivity index (χ0n) is 24.5. The molecule has 1 aliphatic rings. The van der Waals surface area contributed by atoms with Gasteiger partial charge in [0.2, 0.25) is 0 Å². The van der Waals surface area contributed by atoms with Crippen LogP contribution >= 0.6 is 0 Å². The fraction of sp³-hybridized carbons (Fsp3) is 0. The summed E-state index contributed by atoms with van der Waals surface area (Å²) in [6.45, 7) is 0. The Morgan fingerprint density at radius 3 is 1.58 bits per heavy atom. The number of nitrogens with zero attached hydrogens (tertiary/aromatic N) is 3. The van der Waals surface area contributed by atoms with Crippen molar-refractivity contribution in [3.8, 4) is 50.8 Å². The van der Waals surface area contributed by atoms with Gasteiger partial charge >= 0.3 is 7.05 Å². The van der Waals surface area contributed by atoms with Crippen molar-refractivity contribution in [1.29, 1.82) is 0 Å². The van der Waals surface area contributed by atoms with Crippen LogP contribution in [0.3, 0.4) is 0 Å². The predicted octanol–water partition coefficient (Wildman–Crippen LogP) is 9.07. The molecule has 0 unspecified atom stereocenters. The van der Waals surface area contributed by atoms with E-state index >= 15 is 0 Å². The smallest absolute Gasteiger partial charge is 0.524 e. The van der Waals surface area contributed by atoms with Crippen LogP contribution in [0.5, 0.6) is 5.75 Å². The Bertz CT molecular complexity index is 2010. The average molecular weight is 577 g/mol. The predicted molar refractivity (Wildman–Crippen MR) is 185 cm³/mol. The second-order valence-corrected chi connectivity index (χ2v) is 11.0. The quantitative estimate of drug-likeness (QED) is 0.185. The molecule has 4 nitrogen and oxygen atoms in total. The van der Waals surface area contributed by atoms with Gasteiger partial charge in [-0.25, -0.2) is 9.97 Å². The molecular weight excluding hydrogens is 549 g/mol. The van der Waals surface area contributed by atoms with Gasteiger partial charge in [-0.1, -0.05) is 140 Å². The SMILES string of the molecule is c1ccc(-c2ccc(B3Oc4ccccc4N3c3ccc(-c4cc(-c5ccccc5)nc(-c5ccccc5)n4)cc3)cc2)cc1. The van der Waals surface area contributed by atoms with Crippen molar-refractivity contribution in [1.82, 2.24) is 9.97 Å². The van der Waals surface area contributed by atoms with Gasteiger partial charge in [-0.15, -0.1) is 0 Å².